The summed E-state index contributed by atoms with van der Waals surface area (Å²) in [6.07, 6.45) is 1.03. The Hall–Kier alpha value is -1.55. The molecule has 4 nitrogen and oxygen atoms in total. The maximum Gasteiger partial charge on any atom is 0.238 e. The summed E-state index contributed by atoms with van der Waals surface area (Å²) in [5.41, 5.74) is 1.86. The number of benzene rings is 1. The van der Waals surface area contributed by atoms with E-state index in [2.05, 4.69) is 17.6 Å². The van der Waals surface area contributed by atoms with Crippen molar-refractivity contribution >= 4 is 17.3 Å². The molecule has 0 atom stereocenters. The van der Waals surface area contributed by atoms with Gasteiger partial charge >= 0.3 is 0 Å². The Kier molecular flexibility index (Phi) is 5.49. The normalized spacial score (nSPS) is 10.1. The molecule has 1 aromatic carbocycles. The minimum absolute atomic E-state index is 0.00671. The molecule has 0 fully saturated rings. The molecule has 0 aliphatic heterocycles. The van der Waals surface area contributed by atoms with E-state index in [4.69, 9.17) is 0 Å². The van der Waals surface area contributed by atoms with Gasteiger partial charge in [-0.1, -0.05) is 19.1 Å². The summed E-state index contributed by atoms with van der Waals surface area (Å²) in [4.78, 5) is 13.7. The zero-order valence-corrected chi connectivity index (χ0v) is 10.8. The van der Waals surface area contributed by atoms with Crippen molar-refractivity contribution < 1.29 is 4.79 Å². The predicted octanol–water partition coefficient (Wildman–Crippen LogP) is 1.69. The zero-order valence-electron chi connectivity index (χ0n) is 10.8. The topological polar surface area (TPSA) is 44.4 Å². The summed E-state index contributed by atoms with van der Waals surface area (Å²) in [6.45, 7) is 3.30. The highest BCUT2D eigenvalue weighted by molar-refractivity contribution is 5.95. The van der Waals surface area contributed by atoms with Crippen molar-refractivity contribution in [2.45, 2.75) is 13.3 Å². The molecule has 0 aliphatic rings. The van der Waals surface area contributed by atoms with Crippen molar-refractivity contribution in [2.24, 2.45) is 0 Å². The number of para-hydroxylation sites is 2. The Balaban J connectivity index is 2.58. The average molecular weight is 235 g/mol. The third-order valence-corrected chi connectivity index (χ3v) is 2.37. The predicted molar refractivity (Wildman–Crippen MR) is 72.6 cm³/mol. The monoisotopic (exact) mass is 235 g/mol. The molecular weight excluding hydrogens is 214 g/mol. The first-order valence-corrected chi connectivity index (χ1v) is 5.92. The molecule has 1 aromatic rings. The minimum Gasteiger partial charge on any atom is -0.376 e. The van der Waals surface area contributed by atoms with Gasteiger partial charge in [-0.3, -0.25) is 4.79 Å². The SMILES string of the molecule is CCCNCC(=O)Nc1ccccc1N(C)C. The van der Waals surface area contributed by atoms with Crippen molar-refractivity contribution in [3.63, 3.8) is 0 Å². The molecule has 0 aliphatic carbocycles. The highest BCUT2D eigenvalue weighted by Gasteiger charge is 2.06. The summed E-state index contributed by atoms with van der Waals surface area (Å²) >= 11 is 0. The first kappa shape index (κ1) is 13.5. The Morgan fingerprint density at radius 3 is 2.65 bits per heavy atom. The molecule has 0 radical (unpaired) electrons. The van der Waals surface area contributed by atoms with E-state index in [1.54, 1.807) is 0 Å². The van der Waals surface area contributed by atoms with Crippen molar-refractivity contribution in [2.75, 3.05) is 37.4 Å². The van der Waals surface area contributed by atoms with Crippen molar-refractivity contribution in [1.29, 1.82) is 0 Å². The lowest BCUT2D eigenvalue weighted by molar-refractivity contribution is -0.115. The Morgan fingerprint density at radius 2 is 2.00 bits per heavy atom. The molecule has 2 N–H and O–H groups in total. The summed E-state index contributed by atoms with van der Waals surface area (Å²) in [6, 6.07) is 7.77. The van der Waals surface area contributed by atoms with Crippen LogP contribution < -0.4 is 15.5 Å². The number of hydrogen-bond acceptors (Lipinski definition) is 3. The molecule has 0 bridgehead atoms. The molecule has 1 rings (SSSR count). The smallest absolute Gasteiger partial charge is 0.238 e. The number of nitrogens with one attached hydrogen (secondary N) is 2. The van der Waals surface area contributed by atoms with Gasteiger partial charge < -0.3 is 15.5 Å². The lowest BCUT2D eigenvalue weighted by Crippen LogP contribution is -2.29. The van der Waals surface area contributed by atoms with Gasteiger partial charge in [0.25, 0.3) is 0 Å². The van der Waals surface area contributed by atoms with E-state index < -0.39 is 0 Å². The molecule has 0 spiro atoms. The first-order chi connectivity index (χ1) is 8.15. The van der Waals surface area contributed by atoms with Crippen LogP contribution in [0, 0.1) is 0 Å². The van der Waals surface area contributed by atoms with Crippen LogP contribution in [-0.2, 0) is 4.79 Å². The largest absolute Gasteiger partial charge is 0.376 e. The highest BCUT2D eigenvalue weighted by atomic mass is 16.1. The van der Waals surface area contributed by atoms with Gasteiger partial charge in [0.1, 0.15) is 0 Å². The van der Waals surface area contributed by atoms with Crippen LogP contribution in [0.1, 0.15) is 13.3 Å². The average Bonchev–Trinajstić information content (AvgIpc) is 2.29. The fourth-order valence-corrected chi connectivity index (χ4v) is 1.54. The van der Waals surface area contributed by atoms with Gasteiger partial charge in [-0.25, -0.2) is 0 Å². The maximum absolute atomic E-state index is 11.7. The van der Waals surface area contributed by atoms with E-state index in [-0.39, 0.29) is 5.91 Å². The van der Waals surface area contributed by atoms with Gasteiger partial charge in [-0.05, 0) is 25.1 Å². The summed E-state index contributed by atoms with van der Waals surface area (Å²) in [5.74, 6) is -0.00671. The third-order valence-electron chi connectivity index (χ3n) is 2.37. The third kappa shape index (κ3) is 4.44. The van der Waals surface area contributed by atoms with E-state index in [9.17, 15) is 4.79 Å². The molecule has 17 heavy (non-hydrogen) atoms. The van der Waals surface area contributed by atoms with Crippen molar-refractivity contribution in [3.05, 3.63) is 24.3 Å². The number of carbonyl (C=O) groups is 1. The van der Waals surface area contributed by atoms with Crippen LogP contribution in [0.3, 0.4) is 0 Å². The second-order valence-electron chi connectivity index (χ2n) is 4.14. The van der Waals surface area contributed by atoms with Crippen LogP contribution >= 0.6 is 0 Å². The number of amides is 1. The number of hydrogen-bond donors (Lipinski definition) is 2. The zero-order chi connectivity index (χ0) is 12.7. The van der Waals surface area contributed by atoms with E-state index >= 15 is 0 Å². The molecular formula is C13H21N3O. The molecule has 1 amide bonds. The standard InChI is InChI=1S/C13H21N3O/c1-4-9-14-10-13(17)15-11-7-5-6-8-12(11)16(2)3/h5-8,14H,4,9-10H2,1-3H3,(H,15,17). The number of carbonyl (C=O) groups excluding carboxylic acids is 1. The maximum atomic E-state index is 11.7. The number of rotatable bonds is 6. The van der Waals surface area contributed by atoms with Gasteiger partial charge in [-0.2, -0.15) is 0 Å². The second-order valence-corrected chi connectivity index (χ2v) is 4.14. The molecule has 0 saturated carbocycles. The molecule has 0 saturated heterocycles. The quantitative estimate of drug-likeness (QED) is 0.738. The van der Waals surface area contributed by atoms with Crippen LogP contribution in [0.15, 0.2) is 24.3 Å². The molecule has 94 valence electrons. The van der Waals surface area contributed by atoms with E-state index in [1.165, 1.54) is 0 Å². The van der Waals surface area contributed by atoms with Gasteiger partial charge in [-0.15, -0.1) is 0 Å². The lowest BCUT2D eigenvalue weighted by Gasteiger charge is -2.17. The van der Waals surface area contributed by atoms with Gasteiger partial charge in [0.05, 0.1) is 17.9 Å². The summed E-state index contributed by atoms with van der Waals surface area (Å²) < 4.78 is 0. The van der Waals surface area contributed by atoms with Crippen molar-refractivity contribution in [1.82, 2.24) is 5.32 Å². The van der Waals surface area contributed by atoms with E-state index in [0.717, 1.165) is 24.3 Å². The molecule has 0 unspecified atom stereocenters. The van der Waals surface area contributed by atoms with Gasteiger partial charge in [0.15, 0.2) is 0 Å². The minimum atomic E-state index is -0.00671. The molecule has 0 heterocycles. The Bertz CT molecular complexity index is 363. The van der Waals surface area contributed by atoms with Crippen LogP contribution in [0.5, 0.6) is 0 Å². The van der Waals surface area contributed by atoms with Crippen LogP contribution in [0.4, 0.5) is 11.4 Å². The first-order valence-electron chi connectivity index (χ1n) is 5.92. The van der Waals surface area contributed by atoms with Gasteiger partial charge in [0, 0.05) is 14.1 Å². The van der Waals surface area contributed by atoms with Crippen molar-refractivity contribution in [3.8, 4) is 0 Å². The fourth-order valence-electron chi connectivity index (χ4n) is 1.54. The molecule has 0 aromatic heterocycles. The number of nitrogens with zero attached hydrogens (tertiary/aromatic N) is 1. The highest BCUT2D eigenvalue weighted by Crippen LogP contribution is 2.22. The second kappa shape index (κ2) is 6.91. The van der Waals surface area contributed by atoms with Crippen LogP contribution in [0.2, 0.25) is 0 Å². The fraction of sp³-hybridized carbons (Fsp3) is 0.462. The Morgan fingerprint density at radius 1 is 1.29 bits per heavy atom. The van der Waals surface area contributed by atoms with Crippen LogP contribution in [0.25, 0.3) is 0 Å². The Labute approximate surface area is 103 Å². The van der Waals surface area contributed by atoms with E-state index in [0.29, 0.717) is 6.54 Å². The summed E-state index contributed by atoms with van der Waals surface area (Å²) in [7, 11) is 3.92. The summed E-state index contributed by atoms with van der Waals surface area (Å²) in [5, 5.41) is 5.99. The lowest BCUT2D eigenvalue weighted by atomic mass is 10.2. The number of anilines is 2. The van der Waals surface area contributed by atoms with Crippen LogP contribution in [-0.4, -0.2) is 33.1 Å². The molecule has 4 heteroatoms. The van der Waals surface area contributed by atoms with E-state index in [1.807, 2.05) is 43.3 Å². The van der Waals surface area contributed by atoms with Gasteiger partial charge in [0.2, 0.25) is 5.91 Å².